The van der Waals surface area contributed by atoms with E-state index in [-0.39, 0.29) is 6.03 Å². The number of rotatable bonds is 5. The second-order valence-corrected chi connectivity index (χ2v) is 6.14. The van der Waals surface area contributed by atoms with Gasteiger partial charge in [-0.3, -0.25) is 0 Å². The Morgan fingerprint density at radius 2 is 2.09 bits per heavy atom. The topological polar surface area (TPSA) is 53.6 Å². The van der Waals surface area contributed by atoms with Crippen LogP contribution in [0.3, 0.4) is 0 Å². The maximum Gasteiger partial charge on any atom is 0.319 e. The van der Waals surface area contributed by atoms with E-state index in [4.69, 9.17) is 4.74 Å². The first-order valence-electron chi connectivity index (χ1n) is 8.01. The zero-order valence-electron chi connectivity index (χ0n) is 13.8. The van der Waals surface area contributed by atoms with E-state index in [1.165, 1.54) is 0 Å². The average molecular weight is 305 g/mol. The molecule has 1 aliphatic heterocycles. The van der Waals surface area contributed by atoms with Crippen LogP contribution in [0.1, 0.15) is 26.7 Å². The highest BCUT2D eigenvalue weighted by atomic mass is 16.5. The zero-order chi connectivity index (χ0) is 15.9. The molecular weight excluding hydrogens is 278 g/mol. The molecule has 0 atom stereocenters. The SMILES string of the molecule is COc1cccc(NC(=O)NCC2CCN(C(C)C)CC2)c1. The third-order valence-electron chi connectivity index (χ3n) is 4.26. The van der Waals surface area contributed by atoms with Gasteiger partial charge >= 0.3 is 6.03 Å². The minimum absolute atomic E-state index is 0.153. The maximum atomic E-state index is 12.0. The van der Waals surface area contributed by atoms with Crippen LogP contribution >= 0.6 is 0 Å². The number of ether oxygens (including phenoxy) is 1. The van der Waals surface area contributed by atoms with Crippen LogP contribution in [0.25, 0.3) is 0 Å². The van der Waals surface area contributed by atoms with Crippen molar-refractivity contribution in [3.63, 3.8) is 0 Å². The van der Waals surface area contributed by atoms with E-state index in [2.05, 4.69) is 29.4 Å². The molecule has 0 saturated carbocycles. The van der Waals surface area contributed by atoms with Crippen LogP contribution in [0, 0.1) is 5.92 Å². The number of nitrogens with zero attached hydrogens (tertiary/aromatic N) is 1. The Morgan fingerprint density at radius 1 is 1.36 bits per heavy atom. The van der Waals surface area contributed by atoms with Gasteiger partial charge in [-0.05, 0) is 57.8 Å². The number of methoxy groups -OCH3 is 1. The molecule has 0 aliphatic carbocycles. The molecule has 1 fully saturated rings. The predicted molar refractivity (Wildman–Crippen MR) is 89.4 cm³/mol. The lowest BCUT2D eigenvalue weighted by molar-refractivity contribution is 0.149. The minimum atomic E-state index is -0.153. The Labute approximate surface area is 133 Å². The first kappa shape index (κ1) is 16.6. The van der Waals surface area contributed by atoms with E-state index in [1.54, 1.807) is 13.2 Å². The Balaban J connectivity index is 1.72. The number of likely N-dealkylation sites (tertiary alicyclic amines) is 1. The zero-order valence-corrected chi connectivity index (χ0v) is 13.8. The molecule has 0 spiro atoms. The van der Waals surface area contributed by atoms with Gasteiger partial charge in [0.15, 0.2) is 0 Å². The molecule has 5 nitrogen and oxygen atoms in total. The summed E-state index contributed by atoms with van der Waals surface area (Å²) < 4.78 is 5.14. The number of nitrogens with one attached hydrogen (secondary N) is 2. The molecule has 22 heavy (non-hydrogen) atoms. The maximum absolute atomic E-state index is 12.0. The Hall–Kier alpha value is -1.75. The number of carbonyl (C=O) groups is 1. The summed E-state index contributed by atoms with van der Waals surface area (Å²) in [6.07, 6.45) is 2.30. The summed E-state index contributed by atoms with van der Waals surface area (Å²) in [4.78, 5) is 14.4. The molecule has 1 aromatic rings. The molecule has 0 aromatic heterocycles. The molecule has 0 bridgehead atoms. The molecule has 1 heterocycles. The van der Waals surface area contributed by atoms with Crippen LogP contribution in [0.15, 0.2) is 24.3 Å². The number of hydrogen-bond donors (Lipinski definition) is 2. The summed E-state index contributed by atoms with van der Waals surface area (Å²) in [5.41, 5.74) is 0.742. The van der Waals surface area contributed by atoms with E-state index in [9.17, 15) is 4.79 Å². The van der Waals surface area contributed by atoms with E-state index < -0.39 is 0 Å². The van der Waals surface area contributed by atoms with Crippen LogP contribution in [-0.2, 0) is 0 Å². The normalized spacial score (nSPS) is 16.5. The van der Waals surface area contributed by atoms with Gasteiger partial charge in [0.1, 0.15) is 5.75 Å². The van der Waals surface area contributed by atoms with Gasteiger partial charge in [0.05, 0.1) is 7.11 Å². The van der Waals surface area contributed by atoms with Crippen molar-refractivity contribution in [2.45, 2.75) is 32.7 Å². The predicted octanol–water partition coefficient (Wildman–Crippen LogP) is 2.94. The number of amides is 2. The van der Waals surface area contributed by atoms with Crippen LogP contribution in [-0.4, -0.2) is 43.7 Å². The first-order valence-corrected chi connectivity index (χ1v) is 8.01. The van der Waals surface area contributed by atoms with E-state index in [0.29, 0.717) is 12.0 Å². The number of anilines is 1. The van der Waals surface area contributed by atoms with Crippen LogP contribution in [0.4, 0.5) is 10.5 Å². The molecule has 1 saturated heterocycles. The average Bonchev–Trinajstić information content (AvgIpc) is 2.53. The quantitative estimate of drug-likeness (QED) is 0.879. The standard InChI is InChI=1S/C17H27N3O2/c1-13(2)20-9-7-14(8-10-20)12-18-17(21)19-15-5-4-6-16(11-15)22-3/h4-6,11,13-14H,7-10,12H2,1-3H3,(H2,18,19,21). The number of piperidine rings is 1. The van der Waals surface area contributed by atoms with Crippen LogP contribution < -0.4 is 15.4 Å². The van der Waals surface area contributed by atoms with Crippen molar-refractivity contribution in [2.75, 3.05) is 32.1 Å². The molecule has 5 heteroatoms. The monoisotopic (exact) mass is 305 g/mol. The Bertz CT molecular complexity index is 483. The van der Waals surface area contributed by atoms with Crippen molar-refractivity contribution in [1.29, 1.82) is 0 Å². The Morgan fingerprint density at radius 3 is 2.73 bits per heavy atom. The molecule has 2 rings (SSSR count). The minimum Gasteiger partial charge on any atom is -0.497 e. The van der Waals surface area contributed by atoms with Crippen LogP contribution in [0.2, 0.25) is 0 Å². The molecular formula is C17H27N3O2. The fourth-order valence-corrected chi connectivity index (χ4v) is 2.79. The number of urea groups is 1. The van der Waals surface area contributed by atoms with Gasteiger partial charge in [-0.2, -0.15) is 0 Å². The van der Waals surface area contributed by atoms with Crippen molar-refractivity contribution in [2.24, 2.45) is 5.92 Å². The number of carbonyl (C=O) groups excluding carboxylic acids is 1. The molecule has 1 aliphatic rings. The fraction of sp³-hybridized carbons (Fsp3) is 0.588. The van der Waals surface area contributed by atoms with Crippen molar-refractivity contribution in [1.82, 2.24) is 10.2 Å². The van der Waals surface area contributed by atoms with Gasteiger partial charge < -0.3 is 20.3 Å². The lowest BCUT2D eigenvalue weighted by Gasteiger charge is -2.34. The summed E-state index contributed by atoms with van der Waals surface area (Å²) in [6, 6.07) is 7.83. The van der Waals surface area contributed by atoms with Crippen molar-refractivity contribution >= 4 is 11.7 Å². The van der Waals surface area contributed by atoms with E-state index >= 15 is 0 Å². The second kappa shape index (κ2) is 8.03. The van der Waals surface area contributed by atoms with Crippen molar-refractivity contribution in [3.05, 3.63) is 24.3 Å². The van der Waals surface area contributed by atoms with Gasteiger partial charge in [0, 0.05) is 24.3 Å². The third kappa shape index (κ3) is 4.91. The highest BCUT2D eigenvalue weighted by Crippen LogP contribution is 2.19. The highest BCUT2D eigenvalue weighted by Gasteiger charge is 2.21. The van der Waals surface area contributed by atoms with Gasteiger partial charge in [0.25, 0.3) is 0 Å². The molecule has 122 valence electrons. The van der Waals surface area contributed by atoms with E-state index in [1.807, 2.05) is 18.2 Å². The lowest BCUT2D eigenvalue weighted by Crippen LogP contribution is -2.42. The van der Waals surface area contributed by atoms with Crippen molar-refractivity contribution in [3.8, 4) is 5.75 Å². The van der Waals surface area contributed by atoms with Gasteiger partial charge in [-0.15, -0.1) is 0 Å². The molecule has 1 aromatic carbocycles. The number of hydrogen-bond acceptors (Lipinski definition) is 3. The van der Waals surface area contributed by atoms with Crippen molar-refractivity contribution < 1.29 is 9.53 Å². The highest BCUT2D eigenvalue weighted by molar-refractivity contribution is 5.89. The van der Waals surface area contributed by atoms with Gasteiger partial charge in [0.2, 0.25) is 0 Å². The lowest BCUT2D eigenvalue weighted by atomic mass is 9.96. The smallest absolute Gasteiger partial charge is 0.319 e. The van der Waals surface area contributed by atoms with Gasteiger partial charge in [-0.25, -0.2) is 4.79 Å². The van der Waals surface area contributed by atoms with E-state index in [0.717, 1.165) is 43.9 Å². The Kier molecular flexibility index (Phi) is 6.07. The number of benzene rings is 1. The summed E-state index contributed by atoms with van der Waals surface area (Å²) in [5.74, 6) is 1.31. The van der Waals surface area contributed by atoms with Gasteiger partial charge in [-0.1, -0.05) is 6.07 Å². The molecule has 2 N–H and O–H groups in total. The molecule has 2 amide bonds. The fourth-order valence-electron chi connectivity index (χ4n) is 2.79. The second-order valence-electron chi connectivity index (χ2n) is 6.14. The molecule has 0 radical (unpaired) electrons. The summed E-state index contributed by atoms with van der Waals surface area (Å²) >= 11 is 0. The summed E-state index contributed by atoms with van der Waals surface area (Å²) in [7, 11) is 1.61. The summed E-state index contributed by atoms with van der Waals surface area (Å²) in [6.45, 7) is 7.46. The largest absolute Gasteiger partial charge is 0.497 e. The summed E-state index contributed by atoms with van der Waals surface area (Å²) in [5, 5.41) is 5.82. The van der Waals surface area contributed by atoms with Crippen LogP contribution in [0.5, 0.6) is 5.75 Å². The first-order chi connectivity index (χ1) is 10.6. The molecule has 0 unspecified atom stereocenters. The third-order valence-corrected chi connectivity index (χ3v) is 4.26.